The van der Waals surface area contributed by atoms with Crippen molar-refractivity contribution in [3.8, 4) is 5.75 Å². The zero-order valence-corrected chi connectivity index (χ0v) is 21.8. The number of para-hydroxylation sites is 2. The van der Waals surface area contributed by atoms with Crippen LogP contribution in [0, 0.1) is 5.92 Å². The molecule has 196 valence electrons. The molecule has 2 aromatic carbocycles. The Morgan fingerprint density at radius 2 is 1.89 bits per heavy atom. The summed E-state index contributed by atoms with van der Waals surface area (Å²) in [6, 6.07) is 11.8. The number of aromatic nitrogens is 2. The molecule has 1 N–H and O–H groups in total. The first-order valence-electron chi connectivity index (χ1n) is 12.9. The molecule has 1 amide bonds. The number of benzene rings is 2. The van der Waals surface area contributed by atoms with Crippen molar-refractivity contribution in [2.75, 3.05) is 31.1 Å². The monoisotopic (exact) mass is 506 g/mol. The molecule has 1 aromatic heterocycles. The first-order chi connectivity index (χ1) is 17.8. The summed E-state index contributed by atoms with van der Waals surface area (Å²) in [5, 5.41) is 9.78. The summed E-state index contributed by atoms with van der Waals surface area (Å²) in [5.74, 6) is 0.332. The number of nitrogens with zero attached hydrogens (tertiary/aromatic N) is 4. The van der Waals surface area contributed by atoms with Gasteiger partial charge in [-0.1, -0.05) is 18.6 Å². The van der Waals surface area contributed by atoms with E-state index in [4.69, 9.17) is 14.5 Å². The summed E-state index contributed by atoms with van der Waals surface area (Å²) in [6.45, 7) is 2.03. The van der Waals surface area contributed by atoms with Gasteiger partial charge < -0.3 is 24.0 Å². The number of carbonyl (C=O) groups excluding carboxylic acids is 1. The van der Waals surface area contributed by atoms with Gasteiger partial charge in [-0.15, -0.1) is 0 Å². The van der Waals surface area contributed by atoms with Gasteiger partial charge in [0.15, 0.2) is 0 Å². The second kappa shape index (κ2) is 9.95. The van der Waals surface area contributed by atoms with Gasteiger partial charge in [-0.2, -0.15) is 0 Å². The van der Waals surface area contributed by atoms with E-state index in [2.05, 4.69) is 4.57 Å². The topological polar surface area (TPSA) is 97.1 Å². The van der Waals surface area contributed by atoms with Crippen LogP contribution in [0.4, 0.5) is 22.1 Å². The molecule has 0 saturated heterocycles. The second-order valence-corrected chi connectivity index (χ2v) is 10.0. The van der Waals surface area contributed by atoms with Crippen LogP contribution < -0.4 is 14.5 Å². The SMILES string of the molecule is COC(=O)N1c2ccc3c(nc(N(C)c4ccccc4OC)n3[C@@H]3CCC[C@@H](C(=O)O)C3)c2CCC1C. The number of carbonyl (C=O) groups is 2. The van der Waals surface area contributed by atoms with Gasteiger partial charge >= 0.3 is 12.1 Å². The fraction of sp³-hybridized carbons (Fsp3) is 0.464. The minimum absolute atomic E-state index is 0.00992. The summed E-state index contributed by atoms with van der Waals surface area (Å²) in [4.78, 5) is 33.5. The standard InChI is InChI=1S/C28H34N4O5/c1-17-12-13-20-21(31(17)28(35)37-4)14-15-23-25(20)29-27(30(2)22-10-5-6-11-24(22)36-3)32(23)19-9-7-8-18(16-19)26(33)34/h5-6,10-11,14-15,17-19H,7-9,12-13,16H2,1-4H3,(H,33,34)/t17?,18-,19-/m1/s1. The van der Waals surface area contributed by atoms with Gasteiger partial charge in [-0.25, -0.2) is 9.78 Å². The van der Waals surface area contributed by atoms with Crippen LogP contribution in [-0.2, 0) is 16.0 Å². The van der Waals surface area contributed by atoms with Gasteiger partial charge in [-0.3, -0.25) is 9.69 Å². The molecule has 1 aliphatic carbocycles. The smallest absolute Gasteiger partial charge is 0.414 e. The number of amides is 1. The fourth-order valence-corrected chi connectivity index (χ4v) is 6.00. The van der Waals surface area contributed by atoms with Crippen molar-refractivity contribution >= 4 is 40.4 Å². The third-order valence-electron chi connectivity index (χ3n) is 7.91. The number of rotatable bonds is 5. The zero-order chi connectivity index (χ0) is 26.3. The summed E-state index contributed by atoms with van der Waals surface area (Å²) in [7, 11) is 5.01. The Morgan fingerprint density at radius 1 is 1.11 bits per heavy atom. The third-order valence-corrected chi connectivity index (χ3v) is 7.91. The van der Waals surface area contributed by atoms with Crippen LogP contribution in [0.25, 0.3) is 11.0 Å². The first kappa shape index (κ1) is 24.9. The van der Waals surface area contributed by atoms with Gasteiger partial charge in [0.05, 0.1) is 42.5 Å². The number of ether oxygens (including phenoxy) is 2. The van der Waals surface area contributed by atoms with Crippen molar-refractivity contribution in [3.63, 3.8) is 0 Å². The van der Waals surface area contributed by atoms with Crippen molar-refractivity contribution in [2.24, 2.45) is 5.92 Å². The number of hydrogen-bond donors (Lipinski definition) is 1. The number of carboxylic acids is 1. The van der Waals surface area contributed by atoms with Crippen molar-refractivity contribution in [1.82, 2.24) is 9.55 Å². The Balaban J connectivity index is 1.71. The number of imidazole rings is 1. The molecular formula is C28H34N4O5. The highest BCUT2D eigenvalue weighted by Crippen LogP contribution is 2.44. The average Bonchev–Trinajstić information content (AvgIpc) is 3.32. The lowest BCUT2D eigenvalue weighted by atomic mass is 9.85. The highest BCUT2D eigenvalue weighted by molar-refractivity contribution is 5.96. The van der Waals surface area contributed by atoms with Crippen LogP contribution in [0.3, 0.4) is 0 Å². The fourth-order valence-electron chi connectivity index (χ4n) is 6.00. The number of aliphatic carboxylic acids is 1. The quantitative estimate of drug-likeness (QED) is 0.485. The predicted molar refractivity (Wildman–Crippen MR) is 142 cm³/mol. The van der Waals surface area contributed by atoms with E-state index >= 15 is 0 Å². The molecule has 1 unspecified atom stereocenters. The Labute approximate surface area is 216 Å². The maximum Gasteiger partial charge on any atom is 0.414 e. The first-order valence-corrected chi connectivity index (χ1v) is 12.9. The summed E-state index contributed by atoms with van der Waals surface area (Å²) in [5.41, 5.74) is 4.49. The molecule has 9 nitrogen and oxygen atoms in total. The summed E-state index contributed by atoms with van der Waals surface area (Å²) in [6.07, 6.45) is 4.18. The Morgan fingerprint density at radius 3 is 2.62 bits per heavy atom. The molecule has 1 aliphatic heterocycles. The molecular weight excluding hydrogens is 472 g/mol. The lowest BCUT2D eigenvalue weighted by Crippen LogP contribution is -2.42. The van der Waals surface area contributed by atoms with Crippen LogP contribution in [0.2, 0.25) is 0 Å². The number of methoxy groups -OCH3 is 2. The van der Waals surface area contributed by atoms with Crippen molar-refractivity contribution < 1.29 is 24.2 Å². The van der Waals surface area contributed by atoms with Crippen LogP contribution in [-0.4, -0.2) is 54.0 Å². The van der Waals surface area contributed by atoms with E-state index in [9.17, 15) is 14.7 Å². The molecule has 1 saturated carbocycles. The number of anilines is 3. The Hall–Kier alpha value is -3.75. The molecule has 0 radical (unpaired) electrons. The lowest BCUT2D eigenvalue weighted by Gasteiger charge is -2.34. The van der Waals surface area contributed by atoms with E-state index in [0.717, 1.165) is 65.4 Å². The molecule has 9 heteroatoms. The highest BCUT2D eigenvalue weighted by atomic mass is 16.5. The zero-order valence-electron chi connectivity index (χ0n) is 21.8. The molecule has 0 spiro atoms. The average molecular weight is 507 g/mol. The lowest BCUT2D eigenvalue weighted by molar-refractivity contribution is -0.143. The van der Waals surface area contributed by atoms with Crippen LogP contribution in [0.15, 0.2) is 36.4 Å². The van der Waals surface area contributed by atoms with Crippen molar-refractivity contribution in [3.05, 3.63) is 42.0 Å². The van der Waals surface area contributed by atoms with Gasteiger partial charge in [-0.05, 0) is 63.3 Å². The molecule has 2 aliphatic rings. The maximum absolute atomic E-state index is 12.7. The van der Waals surface area contributed by atoms with Crippen molar-refractivity contribution in [2.45, 2.75) is 57.5 Å². The van der Waals surface area contributed by atoms with E-state index in [1.807, 2.05) is 55.3 Å². The predicted octanol–water partition coefficient (Wildman–Crippen LogP) is 5.54. The second-order valence-electron chi connectivity index (χ2n) is 10.0. The van der Waals surface area contributed by atoms with E-state index < -0.39 is 5.97 Å². The summed E-state index contributed by atoms with van der Waals surface area (Å²) >= 11 is 0. The summed E-state index contributed by atoms with van der Waals surface area (Å²) < 4.78 is 12.9. The normalized spacial score (nSPS) is 21.4. The van der Waals surface area contributed by atoms with E-state index in [1.165, 1.54) is 7.11 Å². The van der Waals surface area contributed by atoms with Crippen LogP contribution in [0.5, 0.6) is 5.75 Å². The third kappa shape index (κ3) is 4.26. The van der Waals surface area contributed by atoms with Crippen LogP contribution >= 0.6 is 0 Å². The van der Waals surface area contributed by atoms with E-state index in [1.54, 1.807) is 12.0 Å². The highest BCUT2D eigenvalue weighted by Gasteiger charge is 2.35. The van der Waals surface area contributed by atoms with Crippen molar-refractivity contribution in [1.29, 1.82) is 0 Å². The molecule has 1 fully saturated rings. The number of carboxylic acid groups (broad SMARTS) is 1. The molecule has 2 heterocycles. The number of hydrogen-bond acceptors (Lipinski definition) is 6. The minimum atomic E-state index is -0.742. The maximum atomic E-state index is 12.7. The van der Waals surface area contributed by atoms with Gasteiger partial charge in [0.2, 0.25) is 5.95 Å². The number of aryl methyl sites for hydroxylation is 1. The van der Waals surface area contributed by atoms with E-state index in [0.29, 0.717) is 12.8 Å². The van der Waals surface area contributed by atoms with Gasteiger partial charge in [0.1, 0.15) is 5.75 Å². The minimum Gasteiger partial charge on any atom is -0.495 e. The van der Waals surface area contributed by atoms with Gasteiger partial charge in [0, 0.05) is 24.7 Å². The molecule has 0 bridgehead atoms. The largest absolute Gasteiger partial charge is 0.495 e. The molecule has 5 rings (SSSR count). The van der Waals surface area contributed by atoms with Crippen LogP contribution in [0.1, 0.15) is 50.6 Å². The Kier molecular flexibility index (Phi) is 6.70. The van der Waals surface area contributed by atoms with E-state index in [-0.39, 0.29) is 24.1 Å². The molecule has 37 heavy (non-hydrogen) atoms. The number of fused-ring (bicyclic) bond motifs is 3. The molecule has 3 atom stereocenters. The Bertz CT molecular complexity index is 1340. The molecule has 3 aromatic rings. The van der Waals surface area contributed by atoms with Gasteiger partial charge in [0.25, 0.3) is 0 Å².